The van der Waals surface area contributed by atoms with E-state index in [-0.39, 0.29) is 37.0 Å². The third kappa shape index (κ3) is 4.33. The summed E-state index contributed by atoms with van der Waals surface area (Å²) in [7, 11) is 0. The van der Waals surface area contributed by atoms with Gasteiger partial charge in [-0.05, 0) is 6.42 Å². The van der Waals surface area contributed by atoms with Gasteiger partial charge >= 0.3 is 29.6 Å². The zero-order valence-electron chi connectivity index (χ0n) is 3.02. The first-order valence-electron chi connectivity index (χ1n) is 1.82. The molecule has 0 heterocycles. The standard InChI is InChI=1S/C5H6.CH4.Na.H/c1-2-4-5-3-1;;;/h1-4H,5H2;1H4;;. The molecule has 0 aromatic carbocycles. The van der Waals surface area contributed by atoms with Crippen molar-refractivity contribution in [3.8, 4) is 0 Å². The van der Waals surface area contributed by atoms with Gasteiger partial charge in [-0.1, -0.05) is 31.7 Å². The first kappa shape index (κ1) is 10.5. The molecule has 0 saturated heterocycles. The molecule has 0 saturated carbocycles. The Labute approximate surface area is 67.6 Å². The van der Waals surface area contributed by atoms with E-state index in [1.807, 2.05) is 0 Å². The molecule has 0 nitrogen and oxygen atoms in total. The van der Waals surface area contributed by atoms with Crippen molar-refractivity contribution in [1.29, 1.82) is 0 Å². The molecule has 1 heteroatoms. The molecule has 36 valence electrons. The summed E-state index contributed by atoms with van der Waals surface area (Å²) in [5, 5.41) is 0. The van der Waals surface area contributed by atoms with Crippen molar-refractivity contribution >= 4 is 29.6 Å². The zero-order valence-corrected chi connectivity index (χ0v) is 3.02. The molecule has 0 spiro atoms. The van der Waals surface area contributed by atoms with Crippen molar-refractivity contribution in [2.45, 2.75) is 13.8 Å². The number of rotatable bonds is 0. The van der Waals surface area contributed by atoms with Gasteiger partial charge in [0, 0.05) is 0 Å². The molecule has 0 atom stereocenters. The van der Waals surface area contributed by atoms with Gasteiger partial charge in [-0.3, -0.25) is 0 Å². The summed E-state index contributed by atoms with van der Waals surface area (Å²) >= 11 is 0. The molecule has 0 amide bonds. The summed E-state index contributed by atoms with van der Waals surface area (Å²) in [4.78, 5) is 0. The fourth-order valence-electron chi connectivity index (χ4n) is 0.393. The van der Waals surface area contributed by atoms with Crippen molar-refractivity contribution in [3.63, 3.8) is 0 Å². The Bertz CT molecular complexity index is 62.2. The van der Waals surface area contributed by atoms with E-state index >= 15 is 0 Å². The zero-order chi connectivity index (χ0) is 3.54. The van der Waals surface area contributed by atoms with Crippen LogP contribution in [0, 0.1) is 0 Å². The molecule has 0 bridgehead atoms. The fourth-order valence-corrected chi connectivity index (χ4v) is 0.393. The molecule has 1 rings (SSSR count). The topological polar surface area (TPSA) is 0 Å². The molecular formula is C6H11Na. The second-order valence-electron chi connectivity index (χ2n) is 1.09. The molecular weight excluding hydrogens is 95.1 g/mol. The van der Waals surface area contributed by atoms with Gasteiger partial charge in [0.25, 0.3) is 0 Å². The first-order chi connectivity index (χ1) is 2.50. The summed E-state index contributed by atoms with van der Waals surface area (Å²) in [5.41, 5.74) is 0. The molecule has 0 N–H and O–H groups in total. The molecule has 0 aromatic heterocycles. The fraction of sp³-hybridized carbons (Fsp3) is 0.333. The molecule has 0 radical (unpaired) electrons. The van der Waals surface area contributed by atoms with Crippen LogP contribution < -0.4 is 0 Å². The third-order valence-corrected chi connectivity index (χ3v) is 0.655. The van der Waals surface area contributed by atoms with Gasteiger partial charge in [-0.15, -0.1) is 0 Å². The summed E-state index contributed by atoms with van der Waals surface area (Å²) < 4.78 is 0. The molecule has 1 aliphatic rings. The van der Waals surface area contributed by atoms with Gasteiger partial charge in [0.1, 0.15) is 0 Å². The van der Waals surface area contributed by atoms with Crippen LogP contribution >= 0.6 is 0 Å². The van der Waals surface area contributed by atoms with Crippen LogP contribution in [-0.4, -0.2) is 29.6 Å². The Morgan fingerprint density at radius 1 is 1.00 bits per heavy atom. The van der Waals surface area contributed by atoms with Crippen LogP contribution in [0.3, 0.4) is 0 Å². The van der Waals surface area contributed by atoms with Crippen LogP contribution in [0.2, 0.25) is 0 Å². The van der Waals surface area contributed by atoms with E-state index in [4.69, 9.17) is 0 Å². The average molecular weight is 106 g/mol. The van der Waals surface area contributed by atoms with Crippen LogP contribution in [0.15, 0.2) is 24.3 Å². The quantitative estimate of drug-likeness (QED) is 0.410. The molecule has 0 unspecified atom stereocenters. The van der Waals surface area contributed by atoms with E-state index in [1.165, 1.54) is 0 Å². The third-order valence-electron chi connectivity index (χ3n) is 0.655. The Balaban J connectivity index is 0. The average Bonchev–Trinajstić information content (AvgIpc) is 1.76. The minimum absolute atomic E-state index is 0. The molecule has 0 aromatic rings. The number of hydrogen-bond acceptors (Lipinski definition) is 0. The number of allylic oxidation sites excluding steroid dienone is 4. The second-order valence-corrected chi connectivity index (χ2v) is 1.09. The van der Waals surface area contributed by atoms with Gasteiger partial charge in [-0.2, -0.15) is 0 Å². The van der Waals surface area contributed by atoms with E-state index in [2.05, 4.69) is 24.3 Å². The van der Waals surface area contributed by atoms with Crippen molar-refractivity contribution in [2.75, 3.05) is 0 Å². The Kier molecular flexibility index (Phi) is 9.68. The van der Waals surface area contributed by atoms with Gasteiger partial charge < -0.3 is 0 Å². The normalized spacial score (nSPS) is 12.6. The van der Waals surface area contributed by atoms with Crippen molar-refractivity contribution in [3.05, 3.63) is 24.3 Å². The SMILES string of the molecule is C.C1=CCC=C1.[NaH]. The van der Waals surface area contributed by atoms with Crippen LogP contribution in [0.25, 0.3) is 0 Å². The summed E-state index contributed by atoms with van der Waals surface area (Å²) in [6.07, 6.45) is 9.50. The molecule has 0 fully saturated rings. The van der Waals surface area contributed by atoms with E-state index < -0.39 is 0 Å². The van der Waals surface area contributed by atoms with Crippen molar-refractivity contribution < 1.29 is 0 Å². The van der Waals surface area contributed by atoms with E-state index in [0.29, 0.717) is 0 Å². The Morgan fingerprint density at radius 3 is 1.57 bits per heavy atom. The van der Waals surface area contributed by atoms with Gasteiger partial charge in [-0.25, -0.2) is 0 Å². The summed E-state index contributed by atoms with van der Waals surface area (Å²) in [5.74, 6) is 0. The van der Waals surface area contributed by atoms with Gasteiger partial charge in [0.05, 0.1) is 0 Å². The van der Waals surface area contributed by atoms with Crippen LogP contribution in [0.1, 0.15) is 13.8 Å². The van der Waals surface area contributed by atoms with E-state index in [0.717, 1.165) is 6.42 Å². The summed E-state index contributed by atoms with van der Waals surface area (Å²) in [6, 6.07) is 0. The van der Waals surface area contributed by atoms with Crippen LogP contribution in [0.4, 0.5) is 0 Å². The monoisotopic (exact) mass is 106 g/mol. The summed E-state index contributed by atoms with van der Waals surface area (Å²) in [6.45, 7) is 0. The molecule has 7 heavy (non-hydrogen) atoms. The second kappa shape index (κ2) is 6.48. The molecule has 0 aliphatic heterocycles. The predicted octanol–water partition coefficient (Wildman–Crippen LogP) is 1.49. The minimum atomic E-state index is 0. The Hall–Kier alpha value is 0.480. The van der Waals surface area contributed by atoms with Crippen LogP contribution in [-0.2, 0) is 0 Å². The maximum atomic E-state index is 2.12. The van der Waals surface area contributed by atoms with E-state index in [1.54, 1.807) is 0 Å². The molecule has 1 aliphatic carbocycles. The predicted molar refractivity (Wildman–Crippen MR) is 36.8 cm³/mol. The maximum absolute atomic E-state index is 2.12. The Morgan fingerprint density at radius 2 is 1.43 bits per heavy atom. The van der Waals surface area contributed by atoms with Crippen LogP contribution in [0.5, 0.6) is 0 Å². The van der Waals surface area contributed by atoms with Crippen molar-refractivity contribution in [1.82, 2.24) is 0 Å². The van der Waals surface area contributed by atoms with Gasteiger partial charge in [0.2, 0.25) is 0 Å². The number of hydrogen-bond donors (Lipinski definition) is 0. The van der Waals surface area contributed by atoms with Gasteiger partial charge in [0.15, 0.2) is 0 Å². The van der Waals surface area contributed by atoms with E-state index in [9.17, 15) is 0 Å². The van der Waals surface area contributed by atoms with Crippen molar-refractivity contribution in [2.24, 2.45) is 0 Å². The first-order valence-corrected chi connectivity index (χ1v) is 1.82.